The van der Waals surface area contributed by atoms with Crippen LogP contribution in [0.2, 0.25) is 0 Å². The fraction of sp³-hybridized carbons (Fsp3) is 0.286. The van der Waals surface area contributed by atoms with Gasteiger partial charge in [0.2, 0.25) is 5.88 Å². The number of hydrogen-bond acceptors (Lipinski definition) is 7. The molecule has 0 saturated heterocycles. The quantitative estimate of drug-likeness (QED) is 0.804. The molecule has 1 unspecified atom stereocenters. The lowest BCUT2D eigenvalue weighted by Crippen LogP contribution is -2.39. The maximum absolute atomic E-state index is 11.6. The van der Waals surface area contributed by atoms with E-state index in [1.54, 1.807) is 7.05 Å². The van der Waals surface area contributed by atoms with E-state index in [1.165, 1.54) is 23.7 Å². The van der Waals surface area contributed by atoms with Gasteiger partial charge in [-0.15, -0.1) is 0 Å². The first-order valence-corrected chi connectivity index (χ1v) is 7.49. The fourth-order valence-corrected chi connectivity index (χ4v) is 3.10. The SMILES string of the molecule is CNC(=O)c1cncc(OC2(C)C=c3sc(N)nc3=CC2)n1. The Morgan fingerprint density at radius 3 is 3.05 bits per heavy atom. The highest BCUT2D eigenvalue weighted by Crippen LogP contribution is 2.23. The first kappa shape index (κ1) is 14.5. The van der Waals surface area contributed by atoms with E-state index < -0.39 is 5.60 Å². The lowest BCUT2D eigenvalue weighted by molar-refractivity contribution is 0.0953. The van der Waals surface area contributed by atoms with Gasteiger partial charge in [0, 0.05) is 13.5 Å². The lowest BCUT2D eigenvalue weighted by atomic mass is 9.98. The second-order valence-corrected chi connectivity index (χ2v) is 6.15. The third kappa shape index (κ3) is 2.77. The molecule has 0 fully saturated rings. The van der Waals surface area contributed by atoms with Crippen molar-refractivity contribution in [1.29, 1.82) is 0 Å². The van der Waals surface area contributed by atoms with E-state index in [2.05, 4.69) is 20.3 Å². The van der Waals surface area contributed by atoms with Crippen LogP contribution in [0.5, 0.6) is 5.88 Å². The van der Waals surface area contributed by atoms with Crippen molar-refractivity contribution in [3.05, 3.63) is 28.0 Å². The lowest BCUT2D eigenvalue weighted by Gasteiger charge is -2.26. The molecule has 7 nitrogen and oxygen atoms in total. The molecule has 3 rings (SSSR count). The Labute approximate surface area is 130 Å². The van der Waals surface area contributed by atoms with Gasteiger partial charge in [-0.2, -0.15) is 0 Å². The molecule has 22 heavy (non-hydrogen) atoms. The summed E-state index contributed by atoms with van der Waals surface area (Å²) in [6, 6.07) is 0. The Morgan fingerprint density at radius 2 is 2.27 bits per heavy atom. The minimum atomic E-state index is -0.581. The maximum atomic E-state index is 11.6. The van der Waals surface area contributed by atoms with Crippen molar-refractivity contribution < 1.29 is 9.53 Å². The number of amides is 1. The highest BCUT2D eigenvalue weighted by atomic mass is 32.1. The van der Waals surface area contributed by atoms with E-state index in [1.807, 2.05) is 19.1 Å². The van der Waals surface area contributed by atoms with Crippen LogP contribution in [0, 0.1) is 0 Å². The zero-order chi connectivity index (χ0) is 15.7. The number of anilines is 1. The normalized spacial score (nSPS) is 19.5. The topological polar surface area (TPSA) is 103 Å². The summed E-state index contributed by atoms with van der Waals surface area (Å²) in [6.07, 6.45) is 7.48. The number of fused-ring (bicyclic) bond motifs is 1. The van der Waals surface area contributed by atoms with Crippen LogP contribution in [0.1, 0.15) is 23.8 Å². The zero-order valence-corrected chi connectivity index (χ0v) is 13.0. The molecule has 1 atom stereocenters. The van der Waals surface area contributed by atoms with Crippen molar-refractivity contribution in [2.75, 3.05) is 12.8 Å². The zero-order valence-electron chi connectivity index (χ0n) is 12.2. The molecule has 1 aliphatic carbocycles. The molecule has 0 spiro atoms. The molecule has 114 valence electrons. The minimum absolute atomic E-state index is 0.214. The molecule has 1 amide bonds. The molecule has 0 aliphatic heterocycles. The molecule has 3 N–H and O–H groups in total. The number of nitrogen functional groups attached to an aromatic ring is 1. The van der Waals surface area contributed by atoms with E-state index in [0.29, 0.717) is 17.4 Å². The van der Waals surface area contributed by atoms with Gasteiger partial charge in [0.25, 0.3) is 5.91 Å². The fourth-order valence-electron chi connectivity index (χ4n) is 2.19. The van der Waals surface area contributed by atoms with Gasteiger partial charge in [0.1, 0.15) is 11.3 Å². The summed E-state index contributed by atoms with van der Waals surface area (Å²) in [5.74, 6) is -0.00556. The van der Waals surface area contributed by atoms with Crippen molar-refractivity contribution in [1.82, 2.24) is 20.3 Å². The number of ether oxygens (including phenoxy) is 1. The summed E-state index contributed by atoms with van der Waals surface area (Å²) in [5.41, 5.74) is 5.36. The van der Waals surface area contributed by atoms with E-state index in [4.69, 9.17) is 10.5 Å². The summed E-state index contributed by atoms with van der Waals surface area (Å²) in [6.45, 7) is 1.94. The van der Waals surface area contributed by atoms with Gasteiger partial charge in [0.15, 0.2) is 5.13 Å². The van der Waals surface area contributed by atoms with Crippen LogP contribution in [-0.4, -0.2) is 33.5 Å². The van der Waals surface area contributed by atoms with Crippen LogP contribution in [0.3, 0.4) is 0 Å². The highest BCUT2D eigenvalue weighted by molar-refractivity contribution is 7.13. The number of hydrogen-bond donors (Lipinski definition) is 2. The van der Waals surface area contributed by atoms with Crippen molar-refractivity contribution in [3.8, 4) is 5.88 Å². The van der Waals surface area contributed by atoms with Crippen LogP contribution in [0.25, 0.3) is 12.2 Å². The Hall–Kier alpha value is -2.48. The molecule has 2 heterocycles. The van der Waals surface area contributed by atoms with E-state index in [9.17, 15) is 4.79 Å². The van der Waals surface area contributed by atoms with Crippen molar-refractivity contribution in [3.63, 3.8) is 0 Å². The first-order chi connectivity index (χ1) is 10.5. The summed E-state index contributed by atoms with van der Waals surface area (Å²) in [5, 5.41) is 3.92. The number of nitrogens with zero attached hydrogens (tertiary/aromatic N) is 3. The average molecular weight is 317 g/mol. The van der Waals surface area contributed by atoms with Crippen molar-refractivity contribution in [2.24, 2.45) is 0 Å². The van der Waals surface area contributed by atoms with Gasteiger partial charge in [-0.3, -0.25) is 9.78 Å². The Morgan fingerprint density at radius 1 is 1.45 bits per heavy atom. The van der Waals surface area contributed by atoms with Crippen molar-refractivity contribution in [2.45, 2.75) is 18.9 Å². The van der Waals surface area contributed by atoms with Crippen LogP contribution in [-0.2, 0) is 0 Å². The molecule has 2 aromatic rings. The second-order valence-electron chi connectivity index (χ2n) is 5.09. The third-order valence-electron chi connectivity index (χ3n) is 3.24. The maximum Gasteiger partial charge on any atom is 0.271 e. The van der Waals surface area contributed by atoms with E-state index in [0.717, 1.165) is 9.88 Å². The number of aromatic nitrogens is 3. The number of carbonyl (C=O) groups excluding carboxylic acids is 1. The molecule has 0 bridgehead atoms. The summed E-state index contributed by atoms with van der Waals surface area (Å²) in [7, 11) is 1.54. The monoisotopic (exact) mass is 317 g/mol. The van der Waals surface area contributed by atoms with Crippen LogP contribution >= 0.6 is 11.3 Å². The average Bonchev–Trinajstić information content (AvgIpc) is 2.85. The smallest absolute Gasteiger partial charge is 0.271 e. The molecule has 0 saturated carbocycles. The van der Waals surface area contributed by atoms with E-state index in [-0.39, 0.29) is 11.6 Å². The molecule has 0 radical (unpaired) electrons. The Balaban J connectivity index is 1.90. The summed E-state index contributed by atoms with van der Waals surface area (Å²) >= 11 is 1.41. The van der Waals surface area contributed by atoms with Gasteiger partial charge in [-0.25, -0.2) is 9.97 Å². The standard InChI is InChI=1S/C14H15N5O2S/c1-14(4-3-8-10(5-14)22-13(15)19-8)21-11-7-17-6-9(18-11)12(20)16-2/h3,5-7H,4H2,1-2H3,(H2,15,19)(H,16,20). The van der Waals surface area contributed by atoms with Gasteiger partial charge < -0.3 is 15.8 Å². The molecular formula is C14H15N5O2S. The Bertz CT molecular complexity index is 847. The predicted octanol–water partition coefficient (Wildman–Crippen LogP) is -0.323. The highest BCUT2D eigenvalue weighted by Gasteiger charge is 2.26. The molecule has 0 aromatic carbocycles. The third-order valence-corrected chi connectivity index (χ3v) is 4.09. The van der Waals surface area contributed by atoms with Crippen LogP contribution < -0.4 is 25.7 Å². The molecule has 8 heteroatoms. The largest absolute Gasteiger partial charge is 0.466 e. The van der Waals surface area contributed by atoms with Gasteiger partial charge >= 0.3 is 0 Å². The number of nitrogens with one attached hydrogen (secondary N) is 1. The van der Waals surface area contributed by atoms with Gasteiger partial charge in [-0.05, 0) is 13.0 Å². The number of thiazole rings is 1. The molecular weight excluding hydrogens is 302 g/mol. The second kappa shape index (κ2) is 5.38. The van der Waals surface area contributed by atoms with E-state index >= 15 is 0 Å². The van der Waals surface area contributed by atoms with Crippen LogP contribution in [0.15, 0.2) is 12.4 Å². The minimum Gasteiger partial charge on any atom is -0.466 e. The van der Waals surface area contributed by atoms with Gasteiger partial charge in [0.05, 0.1) is 22.3 Å². The number of carbonyl (C=O) groups is 1. The Kier molecular flexibility index (Phi) is 3.53. The summed E-state index contributed by atoms with van der Waals surface area (Å²) in [4.78, 5) is 24.0. The van der Waals surface area contributed by atoms with Gasteiger partial charge in [-0.1, -0.05) is 17.4 Å². The first-order valence-electron chi connectivity index (χ1n) is 6.68. The summed E-state index contributed by atoms with van der Waals surface area (Å²) < 4.78 is 6.92. The number of rotatable bonds is 3. The molecule has 2 aromatic heterocycles. The predicted molar refractivity (Wildman–Crippen MR) is 83.8 cm³/mol. The van der Waals surface area contributed by atoms with Crippen LogP contribution in [0.4, 0.5) is 5.13 Å². The van der Waals surface area contributed by atoms with Crippen molar-refractivity contribution >= 4 is 34.5 Å². The molecule has 1 aliphatic rings. The number of nitrogens with two attached hydrogens (primary N) is 1.